The maximum atomic E-state index is 4.65. The maximum Gasteiger partial charge on any atom is 0.209 e. The van der Waals surface area contributed by atoms with Crippen LogP contribution in [0.15, 0.2) is 48.5 Å². The van der Waals surface area contributed by atoms with Crippen molar-refractivity contribution in [2.24, 2.45) is 0 Å². The first-order chi connectivity index (χ1) is 8.84. The molecule has 18 heavy (non-hydrogen) atoms. The Morgan fingerprint density at radius 2 is 1.83 bits per heavy atom. The van der Waals surface area contributed by atoms with Crippen molar-refractivity contribution in [2.45, 2.75) is 13.0 Å². The lowest BCUT2D eigenvalue weighted by atomic mass is 10.0. The summed E-state index contributed by atoms with van der Waals surface area (Å²) in [7, 11) is 0. The zero-order valence-corrected chi connectivity index (χ0v) is 10.1. The lowest BCUT2D eigenvalue weighted by Crippen LogP contribution is -2.19. The molecule has 0 bridgehead atoms. The monoisotopic (exact) mass is 235 g/mol. The molecule has 2 heterocycles. The number of rotatable bonds is 0. The van der Waals surface area contributed by atoms with E-state index in [1.807, 2.05) is 6.07 Å². The van der Waals surface area contributed by atoms with E-state index in [0.29, 0.717) is 6.04 Å². The minimum Gasteiger partial charge on any atom is -0.349 e. The highest BCUT2D eigenvalue weighted by atomic mass is 15.2. The average molecular weight is 235 g/mol. The van der Waals surface area contributed by atoms with Crippen molar-refractivity contribution in [1.29, 1.82) is 0 Å². The molecule has 4 rings (SSSR count). The molecular formula is C15H13N3. The number of nitrogens with zero attached hydrogens (tertiary/aromatic N) is 2. The number of para-hydroxylation sites is 3. The third kappa shape index (κ3) is 1.16. The van der Waals surface area contributed by atoms with Gasteiger partial charge in [0.2, 0.25) is 5.95 Å². The topological polar surface area (TPSA) is 29.9 Å². The zero-order chi connectivity index (χ0) is 12.1. The molecule has 3 aromatic rings. The predicted molar refractivity (Wildman–Crippen MR) is 73.1 cm³/mol. The van der Waals surface area contributed by atoms with Crippen LogP contribution in [0.4, 0.5) is 5.95 Å². The molecule has 3 heteroatoms. The summed E-state index contributed by atoms with van der Waals surface area (Å²) < 4.78 is 2.20. The number of anilines is 1. The summed E-state index contributed by atoms with van der Waals surface area (Å²) in [5, 5.41) is 3.46. The number of benzene rings is 2. The Labute approximate surface area is 105 Å². The average Bonchev–Trinajstić information content (AvgIpc) is 2.77. The molecule has 0 spiro atoms. The molecule has 1 aliphatic heterocycles. The summed E-state index contributed by atoms with van der Waals surface area (Å²) in [6, 6.07) is 17.0. The van der Waals surface area contributed by atoms with Gasteiger partial charge in [0, 0.05) is 0 Å². The van der Waals surface area contributed by atoms with Crippen LogP contribution < -0.4 is 5.32 Å². The third-order valence-electron chi connectivity index (χ3n) is 3.55. The standard InChI is InChI=1S/C15H13N3/c1-10-11-6-2-4-8-13(11)18-14-9-5-3-7-12(14)17-15(18)16-10/h2-10H,1H3,(H,16,17). The van der Waals surface area contributed by atoms with E-state index in [2.05, 4.69) is 64.3 Å². The minimum atomic E-state index is 0.297. The third-order valence-corrected chi connectivity index (χ3v) is 3.55. The van der Waals surface area contributed by atoms with Crippen LogP contribution in [0.2, 0.25) is 0 Å². The fourth-order valence-electron chi connectivity index (χ4n) is 2.70. The fraction of sp³-hybridized carbons (Fsp3) is 0.133. The fourth-order valence-corrected chi connectivity index (χ4v) is 2.70. The lowest BCUT2D eigenvalue weighted by molar-refractivity contribution is 0.808. The summed E-state index contributed by atoms with van der Waals surface area (Å²) in [4.78, 5) is 4.65. The molecule has 0 saturated carbocycles. The van der Waals surface area contributed by atoms with E-state index in [0.717, 1.165) is 17.0 Å². The van der Waals surface area contributed by atoms with E-state index >= 15 is 0 Å². The molecular weight excluding hydrogens is 222 g/mol. The number of imidazole rings is 1. The maximum absolute atomic E-state index is 4.65. The number of nitrogens with one attached hydrogen (secondary N) is 1. The molecule has 2 aromatic carbocycles. The normalized spacial score (nSPS) is 17.1. The van der Waals surface area contributed by atoms with Gasteiger partial charge >= 0.3 is 0 Å². The van der Waals surface area contributed by atoms with Gasteiger partial charge in [-0.3, -0.25) is 4.57 Å². The summed E-state index contributed by atoms with van der Waals surface area (Å²) in [5.74, 6) is 0.933. The Balaban J connectivity index is 2.13. The van der Waals surface area contributed by atoms with Crippen LogP contribution in [-0.4, -0.2) is 9.55 Å². The van der Waals surface area contributed by atoms with E-state index in [4.69, 9.17) is 0 Å². The minimum absolute atomic E-state index is 0.297. The molecule has 1 unspecified atom stereocenters. The van der Waals surface area contributed by atoms with Gasteiger partial charge in [-0.05, 0) is 30.7 Å². The molecule has 1 aromatic heterocycles. The first kappa shape index (κ1) is 9.71. The molecule has 3 nitrogen and oxygen atoms in total. The Morgan fingerprint density at radius 1 is 1.06 bits per heavy atom. The van der Waals surface area contributed by atoms with Crippen molar-refractivity contribution in [1.82, 2.24) is 9.55 Å². The van der Waals surface area contributed by atoms with E-state index in [-0.39, 0.29) is 0 Å². The molecule has 1 aliphatic rings. The van der Waals surface area contributed by atoms with Gasteiger partial charge in [0.05, 0.1) is 22.8 Å². The van der Waals surface area contributed by atoms with Crippen LogP contribution in [0, 0.1) is 0 Å². The first-order valence-corrected chi connectivity index (χ1v) is 6.18. The predicted octanol–water partition coefficient (Wildman–Crippen LogP) is 3.51. The van der Waals surface area contributed by atoms with Crippen LogP contribution in [0.5, 0.6) is 0 Å². The van der Waals surface area contributed by atoms with E-state index in [1.165, 1.54) is 11.3 Å². The molecule has 1 atom stereocenters. The van der Waals surface area contributed by atoms with Gasteiger partial charge in [0.1, 0.15) is 0 Å². The number of hydrogen-bond donors (Lipinski definition) is 1. The summed E-state index contributed by atoms with van der Waals surface area (Å²) in [5.41, 5.74) is 4.73. The van der Waals surface area contributed by atoms with Crippen molar-refractivity contribution < 1.29 is 0 Å². The second-order valence-corrected chi connectivity index (χ2v) is 4.68. The summed E-state index contributed by atoms with van der Waals surface area (Å²) in [6.07, 6.45) is 0. The summed E-state index contributed by atoms with van der Waals surface area (Å²) >= 11 is 0. The molecule has 0 amide bonds. The van der Waals surface area contributed by atoms with E-state index in [1.54, 1.807) is 0 Å². The van der Waals surface area contributed by atoms with Gasteiger partial charge in [0.15, 0.2) is 0 Å². The number of aromatic nitrogens is 2. The molecule has 1 N–H and O–H groups in total. The van der Waals surface area contributed by atoms with Gasteiger partial charge in [-0.15, -0.1) is 0 Å². The molecule has 0 radical (unpaired) electrons. The van der Waals surface area contributed by atoms with Crippen molar-refractivity contribution in [3.8, 4) is 5.69 Å². The molecule has 88 valence electrons. The highest BCUT2D eigenvalue weighted by Gasteiger charge is 2.23. The zero-order valence-electron chi connectivity index (χ0n) is 10.1. The van der Waals surface area contributed by atoms with E-state index < -0.39 is 0 Å². The number of fused-ring (bicyclic) bond motifs is 5. The molecule has 0 fully saturated rings. The first-order valence-electron chi connectivity index (χ1n) is 6.18. The van der Waals surface area contributed by atoms with Crippen molar-refractivity contribution >= 4 is 17.0 Å². The van der Waals surface area contributed by atoms with Crippen molar-refractivity contribution in [3.05, 3.63) is 54.1 Å². The highest BCUT2D eigenvalue weighted by molar-refractivity contribution is 5.82. The Morgan fingerprint density at radius 3 is 2.78 bits per heavy atom. The summed E-state index contributed by atoms with van der Waals surface area (Å²) in [6.45, 7) is 2.17. The van der Waals surface area contributed by atoms with Crippen LogP contribution >= 0.6 is 0 Å². The lowest BCUT2D eigenvalue weighted by Gasteiger charge is -2.25. The van der Waals surface area contributed by atoms with Crippen LogP contribution in [0.3, 0.4) is 0 Å². The quantitative estimate of drug-likeness (QED) is 0.646. The van der Waals surface area contributed by atoms with Gasteiger partial charge in [0.25, 0.3) is 0 Å². The highest BCUT2D eigenvalue weighted by Crippen LogP contribution is 2.35. The second kappa shape index (κ2) is 3.35. The second-order valence-electron chi connectivity index (χ2n) is 4.68. The van der Waals surface area contributed by atoms with Gasteiger partial charge in [-0.25, -0.2) is 4.98 Å². The van der Waals surface area contributed by atoms with Gasteiger partial charge in [-0.2, -0.15) is 0 Å². The SMILES string of the molecule is CC1Nc2nc3ccccc3n2-c2ccccc21. The van der Waals surface area contributed by atoms with Crippen LogP contribution in [0.25, 0.3) is 16.7 Å². The molecule has 0 saturated heterocycles. The van der Waals surface area contributed by atoms with Gasteiger partial charge < -0.3 is 5.32 Å². The Hall–Kier alpha value is -2.29. The van der Waals surface area contributed by atoms with Crippen molar-refractivity contribution in [2.75, 3.05) is 5.32 Å². The van der Waals surface area contributed by atoms with E-state index in [9.17, 15) is 0 Å². The Bertz CT molecular complexity index is 742. The Kier molecular flexibility index (Phi) is 1.81. The van der Waals surface area contributed by atoms with Crippen LogP contribution in [-0.2, 0) is 0 Å². The van der Waals surface area contributed by atoms with Crippen LogP contribution in [0.1, 0.15) is 18.5 Å². The largest absolute Gasteiger partial charge is 0.349 e. The smallest absolute Gasteiger partial charge is 0.209 e. The van der Waals surface area contributed by atoms with Gasteiger partial charge in [-0.1, -0.05) is 30.3 Å². The number of hydrogen-bond acceptors (Lipinski definition) is 2. The molecule has 0 aliphatic carbocycles. The van der Waals surface area contributed by atoms with Crippen molar-refractivity contribution in [3.63, 3.8) is 0 Å².